The van der Waals surface area contributed by atoms with Crippen LogP contribution in [0.5, 0.6) is 5.75 Å². The third kappa shape index (κ3) is 3.53. The van der Waals surface area contributed by atoms with E-state index in [0.29, 0.717) is 5.78 Å². The molecule has 1 aliphatic rings. The van der Waals surface area contributed by atoms with E-state index >= 15 is 0 Å². The first-order valence-corrected chi connectivity index (χ1v) is 10.8. The van der Waals surface area contributed by atoms with Crippen LogP contribution in [0.3, 0.4) is 0 Å². The highest BCUT2D eigenvalue weighted by molar-refractivity contribution is 5.49. The lowest BCUT2D eigenvalue weighted by atomic mass is 9.79. The molecule has 0 amide bonds. The molecule has 6 nitrogen and oxygen atoms in total. The smallest absolute Gasteiger partial charge is 0.252 e. The second-order valence-electron chi connectivity index (χ2n) is 10.2. The molecule has 3 aromatic rings. The lowest BCUT2D eigenvalue weighted by Gasteiger charge is -2.32. The van der Waals surface area contributed by atoms with Crippen LogP contribution in [0.1, 0.15) is 77.6 Å². The molecule has 3 heterocycles. The molecule has 1 N–H and O–H groups in total. The molecule has 1 aliphatic heterocycles. The Hall–Kier alpha value is -2.63. The van der Waals surface area contributed by atoms with Crippen LogP contribution in [0.4, 0.5) is 0 Å². The van der Waals surface area contributed by atoms with Crippen LogP contribution in [0.2, 0.25) is 0 Å². The number of hydrogen-bond acceptors (Lipinski definition) is 4. The first kappa shape index (κ1) is 20.6. The van der Waals surface area contributed by atoms with Crippen molar-refractivity contribution < 1.29 is 4.74 Å². The first-order valence-electron chi connectivity index (χ1n) is 10.8. The van der Waals surface area contributed by atoms with E-state index in [1.54, 1.807) is 10.6 Å². The van der Waals surface area contributed by atoms with Crippen LogP contribution >= 0.6 is 0 Å². The van der Waals surface area contributed by atoms with Gasteiger partial charge in [-0.2, -0.15) is 10.1 Å². The summed E-state index contributed by atoms with van der Waals surface area (Å²) in [6, 6.07) is 8.19. The van der Waals surface area contributed by atoms with Gasteiger partial charge in [0.05, 0.1) is 5.69 Å². The summed E-state index contributed by atoms with van der Waals surface area (Å²) in [5.41, 5.74) is 2.87. The van der Waals surface area contributed by atoms with Gasteiger partial charge in [0.25, 0.3) is 5.56 Å². The topological polar surface area (TPSA) is 72.3 Å². The van der Waals surface area contributed by atoms with Crippen LogP contribution in [0.15, 0.2) is 35.4 Å². The zero-order valence-corrected chi connectivity index (χ0v) is 18.9. The van der Waals surface area contributed by atoms with E-state index < -0.39 is 0 Å². The van der Waals surface area contributed by atoms with Gasteiger partial charge in [-0.25, -0.2) is 4.52 Å². The van der Waals surface area contributed by atoms with E-state index in [2.05, 4.69) is 74.8 Å². The van der Waals surface area contributed by atoms with Gasteiger partial charge < -0.3 is 4.74 Å². The van der Waals surface area contributed by atoms with Gasteiger partial charge in [0.15, 0.2) is 0 Å². The number of nitrogens with one attached hydrogen (secondary N) is 1. The molecule has 0 bridgehead atoms. The number of ether oxygens (including phenoxy) is 1. The van der Waals surface area contributed by atoms with Crippen LogP contribution in [0.25, 0.3) is 5.78 Å². The Balaban J connectivity index is 1.58. The third-order valence-corrected chi connectivity index (χ3v) is 6.87. The Bertz CT molecular complexity index is 1140. The summed E-state index contributed by atoms with van der Waals surface area (Å²) < 4.78 is 8.37. The minimum Gasteiger partial charge on any atom is -0.487 e. The van der Waals surface area contributed by atoms with Crippen LogP contribution < -0.4 is 10.3 Å². The van der Waals surface area contributed by atoms with Gasteiger partial charge in [-0.15, -0.1) is 0 Å². The van der Waals surface area contributed by atoms with Gasteiger partial charge >= 0.3 is 0 Å². The Kier molecular flexibility index (Phi) is 4.79. The van der Waals surface area contributed by atoms with Gasteiger partial charge in [0.2, 0.25) is 5.78 Å². The van der Waals surface area contributed by atoms with Crippen molar-refractivity contribution in [3.05, 3.63) is 57.8 Å². The highest BCUT2D eigenvalue weighted by atomic mass is 16.5. The van der Waals surface area contributed by atoms with Crippen molar-refractivity contribution in [2.24, 2.45) is 0 Å². The number of aromatic amines is 1. The van der Waals surface area contributed by atoms with E-state index in [4.69, 9.17) is 4.74 Å². The van der Waals surface area contributed by atoms with Crippen LogP contribution in [-0.2, 0) is 17.3 Å². The maximum absolute atomic E-state index is 12.1. The molecule has 0 spiro atoms. The Morgan fingerprint density at radius 3 is 2.73 bits per heavy atom. The Labute approximate surface area is 177 Å². The molecule has 1 atom stereocenters. The number of H-pyrrole nitrogens is 1. The average molecular weight is 409 g/mol. The molecule has 6 heteroatoms. The van der Waals surface area contributed by atoms with Gasteiger partial charge in [0, 0.05) is 23.5 Å². The van der Waals surface area contributed by atoms with E-state index in [1.807, 2.05) is 0 Å². The van der Waals surface area contributed by atoms with Crippen molar-refractivity contribution in [1.29, 1.82) is 0 Å². The largest absolute Gasteiger partial charge is 0.487 e. The van der Waals surface area contributed by atoms with Crippen molar-refractivity contribution in [2.45, 2.75) is 83.7 Å². The molecule has 1 unspecified atom stereocenters. The predicted octanol–water partition coefficient (Wildman–Crippen LogP) is 4.56. The third-order valence-electron chi connectivity index (χ3n) is 6.87. The summed E-state index contributed by atoms with van der Waals surface area (Å²) in [7, 11) is 0. The second-order valence-corrected chi connectivity index (χ2v) is 10.2. The first-order chi connectivity index (χ1) is 14.0. The monoisotopic (exact) mass is 408 g/mol. The summed E-state index contributed by atoms with van der Waals surface area (Å²) in [5, 5.41) is 4.31. The van der Waals surface area contributed by atoms with Crippen molar-refractivity contribution in [3.63, 3.8) is 0 Å². The number of fused-ring (bicyclic) bond motifs is 2. The molecule has 0 radical (unpaired) electrons. The zero-order valence-electron chi connectivity index (χ0n) is 18.9. The molecule has 0 aliphatic carbocycles. The number of aromatic nitrogens is 4. The molecular formula is C24H32N4O2. The quantitative estimate of drug-likeness (QED) is 0.649. The number of benzene rings is 1. The minimum atomic E-state index is -0.262. The molecule has 30 heavy (non-hydrogen) atoms. The highest BCUT2D eigenvalue weighted by Crippen LogP contribution is 2.45. The molecule has 1 aromatic carbocycles. The van der Waals surface area contributed by atoms with E-state index in [1.165, 1.54) is 17.5 Å². The fourth-order valence-corrected chi connectivity index (χ4v) is 4.41. The van der Waals surface area contributed by atoms with Crippen molar-refractivity contribution in [2.75, 3.05) is 0 Å². The van der Waals surface area contributed by atoms with Crippen LogP contribution in [0, 0.1) is 0 Å². The Morgan fingerprint density at radius 1 is 1.23 bits per heavy atom. The summed E-state index contributed by atoms with van der Waals surface area (Å²) in [6.45, 7) is 13.3. The summed E-state index contributed by atoms with van der Waals surface area (Å²) in [4.78, 5) is 19.0. The lowest BCUT2D eigenvalue weighted by molar-refractivity contribution is 0.0930. The molecule has 0 saturated heterocycles. The molecule has 160 valence electrons. The predicted molar refractivity (Wildman–Crippen MR) is 118 cm³/mol. The summed E-state index contributed by atoms with van der Waals surface area (Å²) >= 11 is 0. The molecular weight excluding hydrogens is 376 g/mol. The van der Waals surface area contributed by atoms with E-state index in [0.717, 1.165) is 37.1 Å². The minimum absolute atomic E-state index is 0.0830. The lowest BCUT2D eigenvalue weighted by Crippen LogP contribution is -2.34. The van der Waals surface area contributed by atoms with Gasteiger partial charge in [0.1, 0.15) is 17.7 Å². The summed E-state index contributed by atoms with van der Waals surface area (Å²) in [5.74, 6) is 1.55. The van der Waals surface area contributed by atoms with Crippen molar-refractivity contribution >= 4 is 5.78 Å². The Morgan fingerprint density at radius 2 is 2.00 bits per heavy atom. The normalized spacial score (nSPS) is 19.1. The SMILES string of the molecule is CCC(C)(C)c1cccc2c1OC(C)(CCC(C)(C)c1cc(=O)[nH]c3ncnn13)C2. The van der Waals surface area contributed by atoms with Gasteiger partial charge in [-0.1, -0.05) is 52.8 Å². The standard InChI is InChI=1S/C24H32N4O2/c1-7-22(2,3)17-10-8-9-16-14-24(6,30-20(16)17)12-11-23(4,5)18-13-19(29)27-21-25-15-26-28(18)21/h8-10,13,15H,7,11-12,14H2,1-6H3,(H,25,26,27,29). The molecule has 0 saturated carbocycles. The number of nitrogens with zero attached hydrogens (tertiary/aromatic N) is 3. The van der Waals surface area contributed by atoms with E-state index in [9.17, 15) is 4.79 Å². The number of hydrogen-bond donors (Lipinski definition) is 1. The maximum Gasteiger partial charge on any atom is 0.252 e. The highest BCUT2D eigenvalue weighted by Gasteiger charge is 2.40. The second kappa shape index (κ2) is 6.96. The fraction of sp³-hybridized carbons (Fsp3) is 0.542. The maximum atomic E-state index is 12.1. The number of para-hydroxylation sites is 1. The van der Waals surface area contributed by atoms with Crippen LogP contribution in [-0.4, -0.2) is 25.2 Å². The zero-order chi connectivity index (χ0) is 21.7. The van der Waals surface area contributed by atoms with Crippen molar-refractivity contribution in [3.8, 4) is 5.75 Å². The molecule has 4 rings (SSSR count). The van der Waals surface area contributed by atoms with Crippen molar-refractivity contribution in [1.82, 2.24) is 19.6 Å². The van der Waals surface area contributed by atoms with E-state index in [-0.39, 0.29) is 22.0 Å². The van der Waals surface area contributed by atoms with Gasteiger partial charge in [-0.3, -0.25) is 9.78 Å². The number of rotatable bonds is 6. The molecule has 2 aromatic heterocycles. The fourth-order valence-electron chi connectivity index (χ4n) is 4.41. The van der Waals surface area contributed by atoms with Gasteiger partial charge in [-0.05, 0) is 37.2 Å². The molecule has 0 fully saturated rings. The summed E-state index contributed by atoms with van der Waals surface area (Å²) in [6.07, 6.45) is 5.18. The average Bonchev–Trinajstić information content (AvgIpc) is 3.29.